The van der Waals surface area contributed by atoms with Crippen molar-refractivity contribution in [3.05, 3.63) is 41.7 Å². The number of aromatic amines is 1. The van der Waals surface area contributed by atoms with Crippen molar-refractivity contribution in [1.29, 1.82) is 0 Å². The van der Waals surface area contributed by atoms with Crippen LogP contribution in [-0.4, -0.2) is 93.6 Å². The second-order valence-electron chi connectivity index (χ2n) is 12.7. The van der Waals surface area contributed by atoms with Crippen molar-refractivity contribution >= 4 is 40.5 Å². The fourth-order valence-electron chi connectivity index (χ4n) is 6.52. The summed E-state index contributed by atoms with van der Waals surface area (Å²) in [7, 11) is 1.90. The van der Waals surface area contributed by atoms with Crippen LogP contribution >= 0.6 is 0 Å². The van der Waals surface area contributed by atoms with Gasteiger partial charge in [0.2, 0.25) is 11.8 Å². The average molecular weight is 698 g/mol. The SMILES string of the molecule is CCOCC1(CN(C)c2cc(-c3cnc(OCC)c(C(F)(F)F)c3)nc3nc(NC(=O)c4ccc(N5CC(C(=O)O)C5)nn4)[nH]c23)CCCC1. The summed E-state index contributed by atoms with van der Waals surface area (Å²) in [4.78, 5) is 44.2. The zero-order valence-corrected chi connectivity index (χ0v) is 27.9. The normalized spacial score (nSPS) is 16.0. The molecule has 17 heteroatoms. The maximum absolute atomic E-state index is 14.0. The molecule has 1 aliphatic heterocycles. The van der Waals surface area contributed by atoms with Gasteiger partial charge in [0.25, 0.3) is 5.91 Å². The van der Waals surface area contributed by atoms with E-state index in [2.05, 4.69) is 35.5 Å². The van der Waals surface area contributed by atoms with E-state index in [-0.39, 0.29) is 40.6 Å². The first-order valence-corrected chi connectivity index (χ1v) is 16.4. The van der Waals surface area contributed by atoms with Crippen LogP contribution in [0.3, 0.4) is 0 Å². The standard InChI is InChI=1S/C33H38F3N9O5/c1-4-49-18-32(10-6-7-11-32)17-44(3)24-13-23(19-12-21(33(34,35)36)29(37-14-19)50-5-2)38-27-26(24)39-31(40-27)41-28(46)22-8-9-25(43-42-22)45-15-20(16-45)30(47)48/h8-9,12-14,20H,4-7,10-11,15-18H2,1-3H3,(H,47,48)(H2,38,39,40,41,46). The molecule has 4 aromatic rings. The van der Waals surface area contributed by atoms with E-state index in [0.717, 1.165) is 31.7 Å². The first-order valence-electron chi connectivity index (χ1n) is 16.4. The predicted octanol–water partition coefficient (Wildman–Crippen LogP) is 5.03. The number of ether oxygens (including phenoxy) is 2. The highest BCUT2D eigenvalue weighted by Crippen LogP contribution is 2.42. The second-order valence-corrected chi connectivity index (χ2v) is 12.7. The van der Waals surface area contributed by atoms with Gasteiger partial charge < -0.3 is 29.4 Å². The molecule has 1 aliphatic carbocycles. The molecular formula is C33H38F3N9O5. The Kier molecular flexibility index (Phi) is 9.78. The molecule has 0 spiro atoms. The Balaban J connectivity index is 1.33. The van der Waals surface area contributed by atoms with Crippen molar-refractivity contribution in [2.75, 3.05) is 61.6 Å². The summed E-state index contributed by atoms with van der Waals surface area (Å²) >= 11 is 0. The van der Waals surface area contributed by atoms with Crippen molar-refractivity contribution in [2.45, 2.75) is 45.7 Å². The summed E-state index contributed by atoms with van der Waals surface area (Å²) in [5, 5.41) is 19.9. The lowest BCUT2D eigenvalue weighted by atomic mass is 9.86. The number of carbonyl (C=O) groups is 2. The molecule has 50 heavy (non-hydrogen) atoms. The lowest BCUT2D eigenvalue weighted by Gasteiger charge is -2.37. The zero-order chi connectivity index (χ0) is 35.6. The van der Waals surface area contributed by atoms with E-state index >= 15 is 0 Å². The third kappa shape index (κ3) is 7.27. The molecule has 0 radical (unpaired) electrons. The molecule has 3 N–H and O–H groups in total. The van der Waals surface area contributed by atoms with Gasteiger partial charge in [0.1, 0.15) is 11.1 Å². The fourth-order valence-corrected chi connectivity index (χ4v) is 6.52. The number of aliphatic carboxylic acids is 1. The van der Waals surface area contributed by atoms with Gasteiger partial charge >= 0.3 is 12.1 Å². The molecule has 1 saturated carbocycles. The number of nitrogens with one attached hydrogen (secondary N) is 2. The summed E-state index contributed by atoms with van der Waals surface area (Å²) in [6, 6.07) is 5.70. The Hall–Kier alpha value is -5.06. The van der Waals surface area contributed by atoms with E-state index in [1.807, 2.05) is 18.9 Å². The molecule has 6 rings (SSSR count). The number of fused-ring (bicyclic) bond motifs is 1. The number of anilines is 3. The average Bonchev–Trinajstić information content (AvgIpc) is 3.69. The van der Waals surface area contributed by atoms with Gasteiger partial charge in [-0.05, 0) is 51.0 Å². The zero-order valence-electron chi connectivity index (χ0n) is 27.9. The van der Waals surface area contributed by atoms with Crippen molar-refractivity contribution in [3.8, 4) is 17.1 Å². The quantitative estimate of drug-likeness (QED) is 0.170. The number of imidazole rings is 1. The van der Waals surface area contributed by atoms with E-state index in [1.165, 1.54) is 12.3 Å². The number of alkyl halides is 3. The minimum atomic E-state index is -4.72. The van der Waals surface area contributed by atoms with Gasteiger partial charge in [-0.15, -0.1) is 10.2 Å². The van der Waals surface area contributed by atoms with Crippen LogP contribution in [0.15, 0.2) is 30.5 Å². The third-order valence-corrected chi connectivity index (χ3v) is 9.10. The number of carboxylic acids is 1. The lowest BCUT2D eigenvalue weighted by molar-refractivity contribution is -0.142. The smallest absolute Gasteiger partial charge is 0.421 e. The number of aromatic nitrogens is 6. The van der Waals surface area contributed by atoms with Gasteiger partial charge in [0.05, 0.1) is 30.5 Å². The van der Waals surface area contributed by atoms with Crippen molar-refractivity contribution in [2.24, 2.45) is 11.3 Å². The predicted molar refractivity (Wildman–Crippen MR) is 177 cm³/mol. The van der Waals surface area contributed by atoms with Crippen molar-refractivity contribution in [1.82, 2.24) is 30.1 Å². The Bertz CT molecular complexity index is 1860. The monoisotopic (exact) mass is 697 g/mol. The van der Waals surface area contributed by atoms with Crippen LogP contribution in [0.1, 0.15) is 55.6 Å². The number of amides is 1. The number of H-pyrrole nitrogens is 1. The number of carboxylic acid groups (broad SMARTS) is 1. The highest BCUT2D eigenvalue weighted by Gasteiger charge is 2.38. The molecule has 0 atom stereocenters. The molecule has 1 saturated heterocycles. The van der Waals surface area contributed by atoms with Gasteiger partial charge in [-0.2, -0.15) is 18.2 Å². The van der Waals surface area contributed by atoms with Gasteiger partial charge in [0, 0.05) is 50.5 Å². The summed E-state index contributed by atoms with van der Waals surface area (Å²) in [6.45, 7) is 5.92. The van der Waals surface area contributed by atoms with Crippen LogP contribution in [-0.2, 0) is 15.7 Å². The molecule has 2 fully saturated rings. The molecular weight excluding hydrogens is 659 g/mol. The number of hydrogen-bond donors (Lipinski definition) is 3. The first-order chi connectivity index (χ1) is 23.9. The lowest BCUT2D eigenvalue weighted by Crippen LogP contribution is -2.50. The number of pyridine rings is 2. The van der Waals surface area contributed by atoms with Crippen LogP contribution in [0, 0.1) is 11.3 Å². The number of nitrogens with zero attached hydrogens (tertiary/aromatic N) is 7. The maximum Gasteiger partial charge on any atom is 0.421 e. The van der Waals surface area contributed by atoms with E-state index in [0.29, 0.717) is 49.9 Å². The first kappa shape index (κ1) is 34.8. The number of halogens is 3. The highest BCUT2D eigenvalue weighted by molar-refractivity contribution is 6.03. The third-order valence-electron chi connectivity index (χ3n) is 9.10. The molecule has 0 bridgehead atoms. The van der Waals surface area contributed by atoms with Crippen LogP contribution in [0.25, 0.3) is 22.4 Å². The minimum Gasteiger partial charge on any atom is -0.481 e. The Morgan fingerprint density at radius 2 is 1.88 bits per heavy atom. The summed E-state index contributed by atoms with van der Waals surface area (Å²) < 4.78 is 53.2. The summed E-state index contributed by atoms with van der Waals surface area (Å²) in [5.41, 5.74) is 0.426. The molecule has 0 aromatic carbocycles. The maximum atomic E-state index is 14.0. The topological polar surface area (TPSA) is 172 Å². The molecule has 5 heterocycles. The highest BCUT2D eigenvalue weighted by atomic mass is 19.4. The van der Waals surface area contributed by atoms with Crippen LogP contribution in [0.2, 0.25) is 0 Å². The van der Waals surface area contributed by atoms with Gasteiger partial charge in [-0.25, -0.2) is 9.97 Å². The second kappa shape index (κ2) is 14.0. The number of rotatable bonds is 13. The van der Waals surface area contributed by atoms with Gasteiger partial charge in [-0.3, -0.25) is 14.9 Å². The molecule has 2 aliphatic rings. The molecule has 1 amide bonds. The van der Waals surface area contributed by atoms with E-state index in [1.54, 1.807) is 24.0 Å². The number of hydrogen-bond acceptors (Lipinski definition) is 11. The Labute approximate surface area is 285 Å². The van der Waals surface area contributed by atoms with E-state index < -0.39 is 35.4 Å². The summed E-state index contributed by atoms with van der Waals surface area (Å²) in [6.07, 6.45) is 0.649. The Morgan fingerprint density at radius 3 is 2.52 bits per heavy atom. The summed E-state index contributed by atoms with van der Waals surface area (Å²) in [5.74, 6) is -1.98. The largest absolute Gasteiger partial charge is 0.481 e. The molecule has 4 aromatic heterocycles. The number of carbonyl (C=O) groups excluding carboxylic acids is 1. The van der Waals surface area contributed by atoms with Gasteiger partial charge in [0.15, 0.2) is 17.2 Å². The van der Waals surface area contributed by atoms with Crippen LogP contribution < -0.4 is 19.9 Å². The molecule has 0 unspecified atom stereocenters. The van der Waals surface area contributed by atoms with E-state index in [4.69, 9.17) is 14.6 Å². The van der Waals surface area contributed by atoms with Crippen molar-refractivity contribution in [3.63, 3.8) is 0 Å². The molecule has 14 nitrogen and oxygen atoms in total. The Morgan fingerprint density at radius 1 is 1.12 bits per heavy atom. The van der Waals surface area contributed by atoms with Gasteiger partial charge in [-0.1, -0.05) is 12.8 Å². The van der Waals surface area contributed by atoms with Crippen molar-refractivity contribution < 1.29 is 37.3 Å². The fraction of sp³-hybridized carbons (Fsp3) is 0.485. The minimum absolute atomic E-state index is 0.00487. The van der Waals surface area contributed by atoms with E-state index in [9.17, 15) is 22.8 Å². The van der Waals surface area contributed by atoms with Crippen LogP contribution in [0.5, 0.6) is 5.88 Å². The van der Waals surface area contributed by atoms with Crippen LogP contribution in [0.4, 0.5) is 30.6 Å². The molecule has 266 valence electrons.